The van der Waals surface area contributed by atoms with Gasteiger partial charge in [-0.25, -0.2) is 4.79 Å². The van der Waals surface area contributed by atoms with Crippen LogP contribution in [0.3, 0.4) is 0 Å². The van der Waals surface area contributed by atoms with Gasteiger partial charge in [-0.2, -0.15) is 0 Å². The first-order valence-electron chi connectivity index (χ1n) is 11.0. The van der Waals surface area contributed by atoms with Crippen LogP contribution < -0.4 is 26.2 Å². The van der Waals surface area contributed by atoms with Crippen LogP contribution >= 0.6 is 0 Å². The van der Waals surface area contributed by atoms with Gasteiger partial charge in [-0.1, -0.05) is 6.07 Å². The lowest BCUT2D eigenvalue weighted by Gasteiger charge is -2.55. The molecule has 3 saturated heterocycles. The van der Waals surface area contributed by atoms with Gasteiger partial charge in [0, 0.05) is 37.1 Å². The average molecular weight is 425 g/mol. The van der Waals surface area contributed by atoms with Crippen molar-refractivity contribution in [3.8, 4) is 0 Å². The zero-order valence-electron chi connectivity index (χ0n) is 17.6. The predicted octanol–water partition coefficient (Wildman–Crippen LogP) is -0.0294. The maximum absolute atomic E-state index is 13.1. The van der Waals surface area contributed by atoms with Crippen LogP contribution in [-0.4, -0.2) is 61.8 Å². The molecule has 0 aromatic heterocycles. The van der Waals surface area contributed by atoms with E-state index in [2.05, 4.69) is 32.6 Å². The Bertz CT molecular complexity index is 980. The lowest BCUT2D eigenvalue weighted by Crippen LogP contribution is -2.75. The van der Waals surface area contributed by atoms with E-state index in [1.54, 1.807) is 0 Å². The third-order valence-electron chi connectivity index (χ3n) is 7.92. The fourth-order valence-corrected chi connectivity index (χ4v) is 6.39. The van der Waals surface area contributed by atoms with Crippen LogP contribution in [-0.2, 0) is 20.7 Å². The fraction of sp³-hybridized carbons (Fsp3) is 0.591. The van der Waals surface area contributed by atoms with Gasteiger partial charge < -0.3 is 20.3 Å². The third kappa shape index (κ3) is 2.53. The highest BCUT2D eigenvalue weighted by atomic mass is 16.5. The second kappa shape index (κ2) is 6.20. The third-order valence-corrected chi connectivity index (χ3v) is 7.92. The number of anilines is 2. The summed E-state index contributed by atoms with van der Waals surface area (Å²) >= 11 is 0. The molecule has 0 bridgehead atoms. The van der Waals surface area contributed by atoms with Gasteiger partial charge in [-0.15, -0.1) is 0 Å². The Kier molecular flexibility index (Phi) is 3.81. The largest absolute Gasteiger partial charge is 0.372 e. The summed E-state index contributed by atoms with van der Waals surface area (Å²) in [4.78, 5) is 42.6. The molecule has 1 unspecified atom stereocenters. The number of rotatable bonds is 1. The number of hydrogen-bond donors (Lipinski definition) is 3. The normalized spacial score (nSPS) is 37.7. The molecule has 164 valence electrons. The van der Waals surface area contributed by atoms with Gasteiger partial charge in [0.1, 0.15) is 0 Å². The van der Waals surface area contributed by atoms with Crippen molar-refractivity contribution < 1.29 is 19.1 Å². The molecule has 1 spiro atoms. The molecule has 9 nitrogen and oxygen atoms in total. The molecule has 31 heavy (non-hydrogen) atoms. The first-order valence-corrected chi connectivity index (χ1v) is 11.0. The second-order valence-corrected chi connectivity index (χ2v) is 9.76. The van der Waals surface area contributed by atoms with E-state index in [1.807, 2.05) is 19.9 Å². The van der Waals surface area contributed by atoms with Crippen molar-refractivity contribution in [2.75, 3.05) is 29.4 Å². The highest BCUT2D eigenvalue weighted by Crippen LogP contribution is 2.49. The number of barbiturate groups is 1. The number of ether oxygens (including phenoxy) is 1. The summed E-state index contributed by atoms with van der Waals surface area (Å²) in [7, 11) is 0. The highest BCUT2D eigenvalue weighted by molar-refractivity contribution is 6.20. The number of carbonyl (C=O) groups is 3. The maximum atomic E-state index is 13.1. The summed E-state index contributed by atoms with van der Waals surface area (Å²) in [5.74, 6) is 0.0690. The monoisotopic (exact) mass is 425 g/mol. The van der Waals surface area contributed by atoms with E-state index < -0.39 is 29.3 Å². The van der Waals surface area contributed by atoms with Gasteiger partial charge in [0.15, 0.2) is 5.41 Å². The fourth-order valence-electron chi connectivity index (χ4n) is 6.39. The van der Waals surface area contributed by atoms with Crippen molar-refractivity contribution in [3.63, 3.8) is 0 Å². The van der Waals surface area contributed by atoms with Crippen LogP contribution in [0.5, 0.6) is 0 Å². The van der Waals surface area contributed by atoms with Crippen molar-refractivity contribution in [1.29, 1.82) is 0 Å². The van der Waals surface area contributed by atoms with Crippen molar-refractivity contribution in [1.82, 2.24) is 10.6 Å². The maximum Gasteiger partial charge on any atom is 0.328 e. The molecule has 1 aromatic carbocycles. The smallest absolute Gasteiger partial charge is 0.328 e. The Morgan fingerprint density at radius 3 is 2.42 bits per heavy atom. The van der Waals surface area contributed by atoms with E-state index in [0.29, 0.717) is 24.4 Å². The highest BCUT2D eigenvalue weighted by Gasteiger charge is 2.63. The standard InChI is InChI=1S/C22H27N5O4/c1-10-7-27-16-5-13(26-8-14-15(9-26)17(14)23)4-3-12(16)6-22(18(27)11(2)31-10)19(28)24-21(30)25-20(22)29/h3-5,10-11,14-15,17-18H,6-9,23H2,1-2H3,(H2,24,25,28,29,30)/t10-,11+,14-,15+,17?,18-/m1/s1. The topological polar surface area (TPSA) is 117 Å². The van der Waals surface area contributed by atoms with Crippen LogP contribution in [0.4, 0.5) is 16.2 Å². The van der Waals surface area contributed by atoms with E-state index in [-0.39, 0.29) is 18.6 Å². The van der Waals surface area contributed by atoms with Crippen LogP contribution in [0.2, 0.25) is 0 Å². The first kappa shape index (κ1) is 19.1. The molecule has 4 N–H and O–H groups in total. The van der Waals surface area contributed by atoms with Crippen LogP contribution in [0.1, 0.15) is 19.4 Å². The number of benzene rings is 1. The first-order chi connectivity index (χ1) is 14.8. The van der Waals surface area contributed by atoms with Gasteiger partial charge in [-0.05, 0) is 49.8 Å². The molecule has 0 radical (unpaired) electrons. The summed E-state index contributed by atoms with van der Waals surface area (Å²) in [6.45, 7) is 6.41. The molecular formula is C22H27N5O4. The summed E-state index contributed by atoms with van der Waals surface area (Å²) in [6, 6.07) is 5.34. The van der Waals surface area contributed by atoms with Crippen molar-refractivity contribution in [3.05, 3.63) is 23.8 Å². The number of urea groups is 1. The minimum absolute atomic E-state index is 0.0494. The Labute approximate surface area is 180 Å². The van der Waals surface area contributed by atoms with Crippen LogP contribution in [0, 0.1) is 17.3 Å². The number of fused-ring (bicyclic) bond motifs is 5. The van der Waals surface area contributed by atoms with Crippen LogP contribution in [0.15, 0.2) is 18.2 Å². The zero-order valence-corrected chi connectivity index (χ0v) is 17.6. The summed E-state index contributed by atoms with van der Waals surface area (Å²) in [5, 5.41) is 4.65. The van der Waals surface area contributed by atoms with Gasteiger partial charge in [0.05, 0.1) is 18.2 Å². The predicted molar refractivity (Wildman–Crippen MR) is 113 cm³/mol. The molecule has 9 heteroatoms. The number of piperidine rings is 1. The summed E-state index contributed by atoms with van der Waals surface area (Å²) < 4.78 is 6.07. The Balaban J connectivity index is 1.43. The van der Waals surface area contributed by atoms with Crippen molar-refractivity contribution >= 4 is 29.2 Å². The Morgan fingerprint density at radius 2 is 1.74 bits per heavy atom. The lowest BCUT2D eigenvalue weighted by atomic mass is 9.66. The molecule has 5 aliphatic rings. The van der Waals surface area contributed by atoms with Gasteiger partial charge in [0.2, 0.25) is 11.8 Å². The number of amides is 4. The SMILES string of the molecule is C[C@@H]1CN2c3cc(N4C[C@@H]5C(N)[C@@H]5C4)ccc3CC3(C(=O)NC(=O)NC3=O)[C@H]2[C@H](C)O1. The number of hydrogen-bond acceptors (Lipinski definition) is 7. The molecule has 6 atom stereocenters. The van der Waals surface area contributed by atoms with E-state index in [1.165, 1.54) is 0 Å². The Hall–Kier alpha value is -2.65. The lowest BCUT2D eigenvalue weighted by molar-refractivity contribution is -0.153. The number of carbonyl (C=O) groups excluding carboxylic acids is 3. The molecule has 4 fully saturated rings. The summed E-state index contributed by atoms with van der Waals surface area (Å²) in [6.07, 6.45) is -0.179. The molecule has 6 rings (SSSR count). The minimum atomic E-state index is -1.41. The van der Waals surface area contributed by atoms with E-state index in [0.717, 1.165) is 30.0 Å². The molecule has 1 aliphatic carbocycles. The Morgan fingerprint density at radius 1 is 1.06 bits per heavy atom. The minimum Gasteiger partial charge on any atom is -0.372 e. The number of nitrogens with two attached hydrogens (primary N) is 1. The molecule has 4 heterocycles. The van der Waals surface area contributed by atoms with Gasteiger partial charge in [0.25, 0.3) is 0 Å². The molecule has 1 saturated carbocycles. The zero-order chi connectivity index (χ0) is 21.7. The second-order valence-electron chi connectivity index (χ2n) is 9.76. The number of morpholine rings is 1. The average Bonchev–Trinajstić information content (AvgIpc) is 3.10. The summed E-state index contributed by atoms with van der Waals surface area (Å²) in [5.41, 5.74) is 7.81. The van der Waals surface area contributed by atoms with Crippen molar-refractivity contribution in [2.24, 2.45) is 23.0 Å². The molecule has 1 aromatic rings. The van der Waals surface area contributed by atoms with E-state index in [9.17, 15) is 14.4 Å². The van der Waals surface area contributed by atoms with E-state index >= 15 is 0 Å². The number of nitrogens with zero attached hydrogens (tertiary/aromatic N) is 2. The molecule has 4 aliphatic heterocycles. The molecular weight excluding hydrogens is 398 g/mol. The van der Waals surface area contributed by atoms with Gasteiger partial charge in [-0.3, -0.25) is 20.2 Å². The number of imide groups is 2. The van der Waals surface area contributed by atoms with Gasteiger partial charge >= 0.3 is 6.03 Å². The van der Waals surface area contributed by atoms with E-state index in [4.69, 9.17) is 10.5 Å². The quantitative estimate of drug-likeness (QED) is 0.541. The van der Waals surface area contributed by atoms with Crippen molar-refractivity contribution in [2.45, 2.75) is 44.6 Å². The number of nitrogens with one attached hydrogen (secondary N) is 2. The molecule has 4 amide bonds. The van der Waals surface area contributed by atoms with Crippen LogP contribution in [0.25, 0.3) is 0 Å².